The highest BCUT2D eigenvalue weighted by atomic mass is 32.2. The van der Waals surface area contributed by atoms with E-state index in [1.807, 2.05) is 29.7 Å². The summed E-state index contributed by atoms with van der Waals surface area (Å²) in [5, 5.41) is 0. The van der Waals surface area contributed by atoms with E-state index < -0.39 is 15.9 Å². The Hall–Kier alpha value is -2.75. The summed E-state index contributed by atoms with van der Waals surface area (Å²) in [6, 6.07) is 11.8. The Morgan fingerprint density at radius 3 is 2.71 bits per heavy atom. The third-order valence-corrected chi connectivity index (χ3v) is 8.75. The Morgan fingerprint density at radius 2 is 2.03 bits per heavy atom. The molecular formula is C25H29N3O4S2. The highest BCUT2D eigenvalue weighted by Gasteiger charge is 2.28. The summed E-state index contributed by atoms with van der Waals surface area (Å²) < 4.78 is 36.0. The molecule has 180 valence electrons. The van der Waals surface area contributed by atoms with Crippen LogP contribution < -0.4 is 9.54 Å². The quantitative estimate of drug-likeness (QED) is 0.450. The SMILES string of the molecule is C=CCn1c(=NC(=O)c2ccc(S(=O)(=O)N3CCCC(C)C3)cc2)sc2cc(OCC)ccc21. The number of nitrogens with zero attached hydrogens (tertiary/aromatic N) is 3. The van der Waals surface area contributed by atoms with Crippen LogP contribution in [0.25, 0.3) is 10.2 Å². The monoisotopic (exact) mass is 499 g/mol. The summed E-state index contributed by atoms with van der Waals surface area (Å²) in [6.45, 7) is 9.94. The molecule has 2 heterocycles. The number of carbonyl (C=O) groups excluding carboxylic acids is 1. The Morgan fingerprint density at radius 1 is 1.26 bits per heavy atom. The third kappa shape index (κ3) is 5.01. The summed E-state index contributed by atoms with van der Waals surface area (Å²) in [6.07, 6.45) is 3.66. The van der Waals surface area contributed by atoms with E-state index in [0.29, 0.717) is 42.5 Å². The van der Waals surface area contributed by atoms with Gasteiger partial charge in [-0.15, -0.1) is 6.58 Å². The summed E-state index contributed by atoms with van der Waals surface area (Å²) in [5.41, 5.74) is 1.28. The van der Waals surface area contributed by atoms with Crippen molar-refractivity contribution in [1.29, 1.82) is 0 Å². The maximum atomic E-state index is 13.0. The number of allylic oxidation sites excluding steroid dienone is 1. The third-order valence-electron chi connectivity index (χ3n) is 5.83. The minimum absolute atomic E-state index is 0.199. The predicted octanol–water partition coefficient (Wildman–Crippen LogP) is 4.45. The molecule has 1 aliphatic rings. The number of hydrogen-bond donors (Lipinski definition) is 0. The largest absolute Gasteiger partial charge is 0.494 e. The van der Waals surface area contributed by atoms with Gasteiger partial charge in [0.1, 0.15) is 5.75 Å². The van der Waals surface area contributed by atoms with Gasteiger partial charge in [-0.3, -0.25) is 4.79 Å². The minimum atomic E-state index is -3.57. The molecule has 0 bridgehead atoms. The first-order valence-electron chi connectivity index (χ1n) is 11.4. The minimum Gasteiger partial charge on any atom is -0.494 e. The number of fused-ring (bicyclic) bond motifs is 1. The van der Waals surface area contributed by atoms with E-state index in [-0.39, 0.29) is 4.90 Å². The van der Waals surface area contributed by atoms with E-state index in [1.165, 1.54) is 39.9 Å². The molecule has 9 heteroatoms. The summed E-state index contributed by atoms with van der Waals surface area (Å²) in [5.74, 6) is 0.682. The molecule has 1 aliphatic heterocycles. The van der Waals surface area contributed by atoms with Crippen LogP contribution in [-0.4, -0.2) is 42.9 Å². The van der Waals surface area contributed by atoms with Crippen LogP contribution >= 0.6 is 11.3 Å². The lowest BCUT2D eigenvalue weighted by Crippen LogP contribution is -2.39. The number of amides is 1. The van der Waals surface area contributed by atoms with Crippen molar-refractivity contribution in [3.05, 3.63) is 65.5 Å². The van der Waals surface area contributed by atoms with Gasteiger partial charge < -0.3 is 9.30 Å². The lowest BCUT2D eigenvalue weighted by Gasteiger charge is -2.30. The molecule has 3 aromatic rings. The molecule has 1 unspecified atom stereocenters. The average Bonchev–Trinajstić information content (AvgIpc) is 3.15. The molecular weight excluding hydrogens is 470 g/mol. The number of ether oxygens (including phenoxy) is 1. The molecule has 1 fully saturated rings. The lowest BCUT2D eigenvalue weighted by molar-refractivity contribution is 0.0997. The van der Waals surface area contributed by atoms with Gasteiger partial charge in [0.25, 0.3) is 5.91 Å². The van der Waals surface area contributed by atoms with Gasteiger partial charge in [0, 0.05) is 25.2 Å². The van der Waals surface area contributed by atoms with Crippen molar-refractivity contribution in [2.45, 2.75) is 38.1 Å². The van der Waals surface area contributed by atoms with Crippen LogP contribution in [0.15, 0.2) is 65.0 Å². The van der Waals surface area contributed by atoms with Gasteiger partial charge in [-0.2, -0.15) is 9.30 Å². The first-order chi connectivity index (χ1) is 16.3. The molecule has 1 atom stereocenters. The second-order valence-corrected chi connectivity index (χ2v) is 11.3. The summed E-state index contributed by atoms with van der Waals surface area (Å²) in [4.78, 5) is 18.0. The molecule has 2 aromatic carbocycles. The fourth-order valence-electron chi connectivity index (χ4n) is 4.14. The smallest absolute Gasteiger partial charge is 0.279 e. The van der Waals surface area contributed by atoms with Crippen molar-refractivity contribution in [1.82, 2.24) is 8.87 Å². The van der Waals surface area contributed by atoms with Crippen LogP contribution in [0.4, 0.5) is 0 Å². The molecule has 4 rings (SSSR count). The van der Waals surface area contributed by atoms with Crippen molar-refractivity contribution >= 4 is 37.5 Å². The van der Waals surface area contributed by atoms with E-state index in [0.717, 1.165) is 28.8 Å². The number of aromatic nitrogens is 1. The fourth-order valence-corrected chi connectivity index (χ4v) is 6.80. The molecule has 0 aliphatic carbocycles. The van der Waals surface area contributed by atoms with E-state index in [2.05, 4.69) is 18.5 Å². The molecule has 0 saturated carbocycles. The molecule has 1 saturated heterocycles. The maximum Gasteiger partial charge on any atom is 0.279 e. The number of hydrogen-bond acceptors (Lipinski definition) is 5. The highest BCUT2D eigenvalue weighted by Crippen LogP contribution is 2.25. The van der Waals surface area contributed by atoms with Crippen molar-refractivity contribution in [3.63, 3.8) is 0 Å². The maximum absolute atomic E-state index is 13.0. The highest BCUT2D eigenvalue weighted by molar-refractivity contribution is 7.89. The Balaban J connectivity index is 1.63. The molecule has 1 aromatic heterocycles. The zero-order chi connectivity index (χ0) is 24.3. The second-order valence-electron chi connectivity index (χ2n) is 8.40. The number of thiazole rings is 1. The summed E-state index contributed by atoms with van der Waals surface area (Å²) in [7, 11) is -3.57. The Kier molecular flexibility index (Phi) is 7.35. The van der Waals surface area contributed by atoms with Gasteiger partial charge in [-0.05, 0) is 68.1 Å². The Bertz CT molecular complexity index is 1370. The van der Waals surface area contributed by atoms with Crippen molar-refractivity contribution in [2.75, 3.05) is 19.7 Å². The standard InChI is InChI=1S/C25H29N3O4S2/c1-4-14-28-22-13-10-20(32-5-2)16-23(22)33-25(28)26-24(29)19-8-11-21(12-9-19)34(30,31)27-15-6-7-18(3)17-27/h4,8-13,16,18H,1,5-7,14-15,17H2,2-3H3. The van der Waals surface area contributed by atoms with Crippen molar-refractivity contribution in [2.24, 2.45) is 10.9 Å². The average molecular weight is 500 g/mol. The fraction of sp³-hybridized carbons (Fsp3) is 0.360. The van der Waals surface area contributed by atoms with Gasteiger partial charge in [0.15, 0.2) is 4.80 Å². The van der Waals surface area contributed by atoms with Crippen molar-refractivity contribution in [3.8, 4) is 5.75 Å². The molecule has 0 spiro atoms. The number of sulfonamides is 1. The second kappa shape index (κ2) is 10.2. The van der Waals surface area contributed by atoms with Gasteiger partial charge >= 0.3 is 0 Å². The topological polar surface area (TPSA) is 81.0 Å². The van der Waals surface area contributed by atoms with Crippen LogP contribution in [0.2, 0.25) is 0 Å². The molecule has 34 heavy (non-hydrogen) atoms. The zero-order valence-corrected chi connectivity index (χ0v) is 21.1. The number of carbonyl (C=O) groups is 1. The van der Waals surface area contributed by atoms with Crippen LogP contribution in [0, 0.1) is 5.92 Å². The van der Waals surface area contributed by atoms with Crippen LogP contribution in [0.5, 0.6) is 5.75 Å². The molecule has 1 amide bonds. The van der Waals surface area contributed by atoms with E-state index in [9.17, 15) is 13.2 Å². The number of benzene rings is 2. The van der Waals surface area contributed by atoms with Gasteiger partial charge in [-0.1, -0.05) is 24.3 Å². The zero-order valence-electron chi connectivity index (χ0n) is 19.4. The van der Waals surface area contributed by atoms with Crippen LogP contribution in [0.1, 0.15) is 37.0 Å². The number of rotatable bonds is 7. The lowest BCUT2D eigenvalue weighted by atomic mass is 10.0. The molecule has 0 N–H and O–H groups in total. The normalized spacial score (nSPS) is 17.7. The van der Waals surface area contributed by atoms with E-state index in [1.54, 1.807) is 6.08 Å². The van der Waals surface area contributed by atoms with E-state index >= 15 is 0 Å². The Labute approximate surface area is 204 Å². The molecule has 0 radical (unpaired) electrons. The first kappa shape index (κ1) is 24.4. The van der Waals surface area contributed by atoms with Gasteiger partial charge in [0.05, 0.1) is 21.7 Å². The van der Waals surface area contributed by atoms with Gasteiger partial charge in [0.2, 0.25) is 10.0 Å². The predicted molar refractivity (Wildman–Crippen MR) is 135 cm³/mol. The van der Waals surface area contributed by atoms with Crippen LogP contribution in [-0.2, 0) is 16.6 Å². The van der Waals surface area contributed by atoms with Crippen LogP contribution in [0.3, 0.4) is 0 Å². The van der Waals surface area contributed by atoms with E-state index in [4.69, 9.17) is 4.74 Å². The number of piperidine rings is 1. The molecule has 7 nitrogen and oxygen atoms in total. The first-order valence-corrected chi connectivity index (χ1v) is 13.7. The van der Waals surface area contributed by atoms with Crippen molar-refractivity contribution < 1.29 is 17.9 Å². The summed E-state index contributed by atoms with van der Waals surface area (Å²) >= 11 is 1.40. The van der Waals surface area contributed by atoms with Gasteiger partial charge in [-0.25, -0.2) is 8.42 Å².